The second kappa shape index (κ2) is 13.6. The molecule has 11 nitrogen and oxygen atoms in total. The number of aliphatic hydroxyl groups is 5. The Morgan fingerprint density at radius 3 is 2.03 bits per heavy atom. The van der Waals surface area contributed by atoms with Gasteiger partial charge in [-0.1, -0.05) is 17.9 Å². The van der Waals surface area contributed by atoms with Crippen LogP contribution in [0.5, 0.6) is 23.0 Å². The first-order valence-electron chi connectivity index (χ1n) is 11.8. The van der Waals surface area contributed by atoms with Gasteiger partial charge in [-0.25, -0.2) is 0 Å². The van der Waals surface area contributed by atoms with Gasteiger partial charge in [0, 0.05) is 12.0 Å². The lowest BCUT2D eigenvalue weighted by molar-refractivity contribution is -0.316. The zero-order valence-electron chi connectivity index (χ0n) is 21.6. The quantitative estimate of drug-likeness (QED) is 0.269. The van der Waals surface area contributed by atoms with Crippen molar-refractivity contribution in [3.63, 3.8) is 0 Å². The van der Waals surface area contributed by atoms with Crippen LogP contribution in [-0.2, 0) is 9.47 Å². The molecule has 0 spiro atoms. The van der Waals surface area contributed by atoms with Crippen molar-refractivity contribution in [3.05, 3.63) is 47.5 Å². The SMILES string of the molecule is COc1ccc(C#CC[C@@H](O[C@H]2O[C@@H](CO)[C@@H](O)[C@@H](O)[C@H]2O)[C@H](O)c2ccc(OC)c(OC)c2)cc1OC. The van der Waals surface area contributed by atoms with Crippen LogP contribution in [0.3, 0.4) is 0 Å². The van der Waals surface area contributed by atoms with Gasteiger partial charge in [-0.05, 0) is 35.9 Å². The zero-order chi connectivity index (χ0) is 27.8. The highest BCUT2D eigenvalue weighted by Gasteiger charge is 2.45. The normalized spacial score (nSPS) is 24.5. The second-order valence-electron chi connectivity index (χ2n) is 8.51. The molecule has 38 heavy (non-hydrogen) atoms. The summed E-state index contributed by atoms with van der Waals surface area (Å²) < 4.78 is 32.5. The summed E-state index contributed by atoms with van der Waals surface area (Å²) in [7, 11) is 5.99. The highest BCUT2D eigenvalue weighted by molar-refractivity contribution is 5.48. The maximum atomic E-state index is 11.2. The van der Waals surface area contributed by atoms with Crippen LogP contribution >= 0.6 is 0 Å². The van der Waals surface area contributed by atoms with Crippen LogP contribution in [-0.4, -0.2) is 97.4 Å². The number of hydrogen-bond acceptors (Lipinski definition) is 11. The Labute approximate surface area is 221 Å². The standard InChI is InChI=1S/C27H34O11/c1-33-17-10-8-15(12-20(17)35-3)6-5-7-19(23(29)16-9-11-18(34-2)21(13-16)36-4)37-27-26(32)25(31)24(30)22(14-28)38-27/h8-13,19,22-32H,7,14H2,1-4H3/t19-,22+,23-,24-,25-,26-,27+/m1/s1. The smallest absolute Gasteiger partial charge is 0.187 e. The molecule has 0 saturated carbocycles. The van der Waals surface area contributed by atoms with Gasteiger partial charge >= 0.3 is 0 Å². The molecule has 3 rings (SSSR count). The van der Waals surface area contributed by atoms with Gasteiger partial charge in [0.25, 0.3) is 0 Å². The Balaban J connectivity index is 1.90. The lowest BCUT2D eigenvalue weighted by Gasteiger charge is -2.41. The maximum absolute atomic E-state index is 11.2. The summed E-state index contributed by atoms with van der Waals surface area (Å²) in [5.41, 5.74) is 1.03. The van der Waals surface area contributed by atoms with E-state index >= 15 is 0 Å². The lowest BCUT2D eigenvalue weighted by Crippen LogP contribution is -2.59. The van der Waals surface area contributed by atoms with Crippen LogP contribution in [0.2, 0.25) is 0 Å². The van der Waals surface area contributed by atoms with Crippen LogP contribution in [0.25, 0.3) is 0 Å². The molecular weight excluding hydrogens is 500 g/mol. The highest BCUT2D eigenvalue weighted by Crippen LogP contribution is 2.34. The van der Waals surface area contributed by atoms with Gasteiger partial charge in [-0.3, -0.25) is 0 Å². The molecule has 1 aliphatic rings. The van der Waals surface area contributed by atoms with Gasteiger partial charge in [0.15, 0.2) is 29.3 Å². The van der Waals surface area contributed by atoms with Crippen LogP contribution in [0.1, 0.15) is 23.7 Å². The highest BCUT2D eigenvalue weighted by atomic mass is 16.7. The zero-order valence-corrected chi connectivity index (χ0v) is 21.6. The molecule has 2 aromatic carbocycles. The van der Waals surface area contributed by atoms with E-state index < -0.39 is 49.5 Å². The number of aliphatic hydroxyl groups excluding tert-OH is 5. The Morgan fingerprint density at radius 2 is 1.42 bits per heavy atom. The average Bonchev–Trinajstić information content (AvgIpc) is 2.95. The summed E-state index contributed by atoms with van der Waals surface area (Å²) in [4.78, 5) is 0. The summed E-state index contributed by atoms with van der Waals surface area (Å²) >= 11 is 0. The molecule has 0 unspecified atom stereocenters. The fourth-order valence-corrected chi connectivity index (χ4v) is 4.01. The van der Waals surface area contributed by atoms with Gasteiger partial charge in [0.05, 0.1) is 35.0 Å². The van der Waals surface area contributed by atoms with Gasteiger partial charge in [0.2, 0.25) is 0 Å². The van der Waals surface area contributed by atoms with Gasteiger partial charge in [-0.15, -0.1) is 0 Å². The van der Waals surface area contributed by atoms with E-state index in [9.17, 15) is 25.5 Å². The van der Waals surface area contributed by atoms with E-state index in [0.717, 1.165) is 0 Å². The fourth-order valence-electron chi connectivity index (χ4n) is 4.01. The van der Waals surface area contributed by atoms with E-state index in [-0.39, 0.29) is 6.42 Å². The number of ether oxygens (including phenoxy) is 6. The van der Waals surface area contributed by atoms with E-state index in [1.165, 1.54) is 28.4 Å². The number of methoxy groups -OCH3 is 4. The molecule has 5 N–H and O–H groups in total. The third-order valence-electron chi connectivity index (χ3n) is 6.18. The van der Waals surface area contributed by atoms with Crippen molar-refractivity contribution in [2.75, 3.05) is 35.0 Å². The molecule has 0 aromatic heterocycles. The predicted molar refractivity (Wildman–Crippen MR) is 134 cm³/mol. The molecule has 1 saturated heterocycles. The minimum atomic E-state index is -1.65. The van der Waals surface area contributed by atoms with Gasteiger partial charge in [-0.2, -0.15) is 0 Å². The Hall–Kier alpha value is -3.08. The van der Waals surface area contributed by atoms with Crippen molar-refractivity contribution in [2.45, 2.75) is 49.3 Å². The van der Waals surface area contributed by atoms with E-state index in [0.29, 0.717) is 34.1 Å². The summed E-state index contributed by atoms with van der Waals surface area (Å²) in [6.07, 6.45) is -9.84. The number of rotatable bonds is 10. The predicted octanol–water partition coefficient (Wildman–Crippen LogP) is 0.381. The van der Waals surface area contributed by atoms with Crippen LogP contribution < -0.4 is 18.9 Å². The van der Waals surface area contributed by atoms with Gasteiger partial charge in [0.1, 0.15) is 36.6 Å². The largest absolute Gasteiger partial charge is 0.493 e. The van der Waals surface area contributed by atoms with Gasteiger partial charge < -0.3 is 54.0 Å². The second-order valence-corrected chi connectivity index (χ2v) is 8.51. The third kappa shape index (κ3) is 6.67. The van der Waals surface area contributed by atoms with Crippen LogP contribution in [0.15, 0.2) is 36.4 Å². The summed E-state index contributed by atoms with van der Waals surface area (Å²) in [6.45, 7) is -0.618. The average molecular weight is 535 g/mol. The molecule has 0 aliphatic carbocycles. The van der Waals surface area contributed by atoms with E-state index in [1.54, 1.807) is 36.4 Å². The fraction of sp³-hybridized carbons (Fsp3) is 0.481. The molecule has 2 aromatic rings. The summed E-state index contributed by atoms with van der Waals surface area (Å²) in [5, 5.41) is 51.5. The number of benzene rings is 2. The van der Waals surface area contributed by atoms with Crippen molar-refractivity contribution in [1.29, 1.82) is 0 Å². The van der Waals surface area contributed by atoms with Crippen molar-refractivity contribution < 1.29 is 54.0 Å². The first kappa shape index (κ1) is 29.5. The van der Waals surface area contributed by atoms with E-state index in [2.05, 4.69) is 11.8 Å². The molecule has 11 heteroatoms. The minimum absolute atomic E-state index is 0.0289. The first-order chi connectivity index (χ1) is 18.3. The minimum Gasteiger partial charge on any atom is -0.493 e. The molecule has 1 fully saturated rings. The van der Waals surface area contributed by atoms with Crippen LogP contribution in [0, 0.1) is 11.8 Å². The molecule has 0 amide bonds. The first-order valence-corrected chi connectivity index (χ1v) is 11.8. The Kier molecular flexibility index (Phi) is 10.6. The molecular formula is C27H34O11. The molecule has 0 radical (unpaired) electrons. The third-order valence-corrected chi connectivity index (χ3v) is 6.18. The van der Waals surface area contributed by atoms with Crippen molar-refractivity contribution in [1.82, 2.24) is 0 Å². The van der Waals surface area contributed by atoms with Crippen molar-refractivity contribution >= 4 is 0 Å². The van der Waals surface area contributed by atoms with Crippen LogP contribution in [0.4, 0.5) is 0 Å². The topological polar surface area (TPSA) is 157 Å². The molecule has 1 aliphatic heterocycles. The maximum Gasteiger partial charge on any atom is 0.187 e. The molecule has 1 heterocycles. The van der Waals surface area contributed by atoms with Crippen molar-refractivity contribution in [3.8, 4) is 34.8 Å². The summed E-state index contributed by atoms with van der Waals surface area (Å²) in [6, 6.07) is 9.98. The summed E-state index contributed by atoms with van der Waals surface area (Å²) in [5.74, 6) is 7.82. The molecule has 208 valence electrons. The Morgan fingerprint density at radius 1 is 0.816 bits per heavy atom. The number of hydrogen-bond donors (Lipinski definition) is 5. The Bertz CT molecular complexity index is 1110. The lowest BCUT2D eigenvalue weighted by atomic mass is 9.98. The van der Waals surface area contributed by atoms with E-state index in [4.69, 9.17) is 28.4 Å². The van der Waals surface area contributed by atoms with Crippen molar-refractivity contribution in [2.24, 2.45) is 0 Å². The molecule has 7 atom stereocenters. The molecule has 0 bridgehead atoms. The monoisotopic (exact) mass is 534 g/mol. The van der Waals surface area contributed by atoms with E-state index in [1.807, 2.05) is 0 Å².